The number of amides is 2. The molecule has 1 aliphatic rings. The zero-order valence-electron chi connectivity index (χ0n) is 15.8. The third kappa shape index (κ3) is 3.53. The van der Waals surface area contributed by atoms with Crippen LogP contribution in [0.4, 0.5) is 16.2 Å². The van der Waals surface area contributed by atoms with Crippen molar-refractivity contribution in [1.82, 2.24) is 29.1 Å². The Hall–Kier alpha value is -3.43. The van der Waals surface area contributed by atoms with Crippen LogP contribution in [0.2, 0.25) is 0 Å². The van der Waals surface area contributed by atoms with Gasteiger partial charge in [-0.1, -0.05) is 0 Å². The highest BCUT2D eigenvalue weighted by Crippen LogP contribution is 2.16. The van der Waals surface area contributed by atoms with Crippen LogP contribution in [0.25, 0.3) is 0 Å². The molecule has 0 aromatic carbocycles. The molecular formula is C18H22N8O2. The number of fused-ring (bicyclic) bond motifs is 1. The molecule has 0 bridgehead atoms. The van der Waals surface area contributed by atoms with E-state index in [-0.39, 0.29) is 11.2 Å². The van der Waals surface area contributed by atoms with Gasteiger partial charge in [-0.25, -0.2) is 4.79 Å². The number of hydrogen-bond donors (Lipinski definition) is 2. The summed E-state index contributed by atoms with van der Waals surface area (Å²) in [5.41, 5.74) is 1.22. The van der Waals surface area contributed by atoms with Gasteiger partial charge in [0.25, 0.3) is 5.56 Å². The van der Waals surface area contributed by atoms with Crippen molar-refractivity contribution in [2.75, 3.05) is 10.6 Å². The summed E-state index contributed by atoms with van der Waals surface area (Å²) >= 11 is 0. The lowest BCUT2D eigenvalue weighted by Gasteiger charge is -2.14. The Kier molecular flexibility index (Phi) is 4.68. The number of pyridine rings is 1. The molecule has 0 aliphatic carbocycles. The number of nitrogens with one attached hydrogen (secondary N) is 2. The second-order valence-corrected chi connectivity index (χ2v) is 6.94. The summed E-state index contributed by atoms with van der Waals surface area (Å²) < 4.78 is 5.26. The number of carbonyl (C=O) groups excluding carboxylic acids is 1. The topological polar surface area (TPSA) is 112 Å². The van der Waals surface area contributed by atoms with Crippen molar-refractivity contribution in [1.29, 1.82) is 0 Å². The van der Waals surface area contributed by atoms with E-state index in [4.69, 9.17) is 0 Å². The van der Waals surface area contributed by atoms with Gasteiger partial charge >= 0.3 is 6.03 Å². The zero-order valence-corrected chi connectivity index (χ0v) is 15.8. The van der Waals surface area contributed by atoms with Gasteiger partial charge in [-0.3, -0.25) is 9.48 Å². The van der Waals surface area contributed by atoms with Gasteiger partial charge in [0.05, 0.1) is 11.9 Å². The Morgan fingerprint density at radius 1 is 1.25 bits per heavy atom. The highest BCUT2D eigenvalue weighted by Gasteiger charge is 2.16. The number of hydrogen-bond acceptors (Lipinski definition) is 5. The fourth-order valence-corrected chi connectivity index (χ4v) is 3.29. The van der Waals surface area contributed by atoms with Crippen molar-refractivity contribution in [3.8, 4) is 0 Å². The van der Waals surface area contributed by atoms with E-state index < -0.39 is 6.03 Å². The summed E-state index contributed by atoms with van der Waals surface area (Å²) in [4.78, 5) is 24.4. The van der Waals surface area contributed by atoms with E-state index >= 15 is 0 Å². The molecular weight excluding hydrogens is 360 g/mol. The third-order valence-corrected chi connectivity index (χ3v) is 4.85. The highest BCUT2D eigenvalue weighted by atomic mass is 16.2. The molecule has 0 unspecified atom stereocenters. The fourth-order valence-electron chi connectivity index (χ4n) is 3.29. The van der Waals surface area contributed by atoms with Gasteiger partial charge in [0.1, 0.15) is 18.1 Å². The van der Waals surface area contributed by atoms with Crippen molar-refractivity contribution in [3.63, 3.8) is 0 Å². The summed E-state index contributed by atoms with van der Waals surface area (Å²) in [6, 6.07) is 1.28. The molecule has 10 heteroatoms. The van der Waals surface area contributed by atoms with Crippen LogP contribution in [0, 0.1) is 6.92 Å². The van der Waals surface area contributed by atoms with Crippen molar-refractivity contribution < 1.29 is 4.79 Å². The monoisotopic (exact) mass is 382 g/mol. The van der Waals surface area contributed by atoms with E-state index in [1.165, 1.54) is 4.57 Å². The van der Waals surface area contributed by atoms with Crippen molar-refractivity contribution in [2.24, 2.45) is 7.05 Å². The summed E-state index contributed by atoms with van der Waals surface area (Å²) in [7, 11) is 1.64. The molecule has 0 spiro atoms. The summed E-state index contributed by atoms with van der Waals surface area (Å²) in [6.45, 7) is 3.18. The average Bonchev–Trinajstić information content (AvgIpc) is 3.29. The Morgan fingerprint density at radius 3 is 2.96 bits per heavy atom. The minimum atomic E-state index is -0.495. The zero-order chi connectivity index (χ0) is 19.7. The second kappa shape index (κ2) is 7.29. The first-order valence-electron chi connectivity index (χ1n) is 9.19. The standard InChI is InChI=1S/C18H22N8O2/c1-12-6-8-24(2)17(27)16(12)21-18(28)20-13-9-19-25(10-13)11-15-23-22-14-5-3-4-7-26(14)15/h6,8-10H,3-5,7,11H2,1-2H3,(H2,20,21,28). The Bertz CT molecular complexity index is 1080. The van der Waals surface area contributed by atoms with Crippen LogP contribution in [-0.4, -0.2) is 35.1 Å². The average molecular weight is 382 g/mol. The van der Waals surface area contributed by atoms with Crippen LogP contribution in [0.3, 0.4) is 0 Å². The van der Waals surface area contributed by atoms with Gasteiger partial charge in [0.15, 0.2) is 5.82 Å². The quantitative estimate of drug-likeness (QED) is 0.710. The van der Waals surface area contributed by atoms with Crippen LogP contribution >= 0.6 is 0 Å². The largest absolute Gasteiger partial charge is 0.323 e. The molecule has 28 heavy (non-hydrogen) atoms. The molecule has 0 fully saturated rings. The van der Waals surface area contributed by atoms with E-state index in [0.29, 0.717) is 17.8 Å². The van der Waals surface area contributed by atoms with Gasteiger partial charge < -0.3 is 19.8 Å². The number of carbonyl (C=O) groups is 1. The van der Waals surface area contributed by atoms with E-state index in [9.17, 15) is 9.59 Å². The van der Waals surface area contributed by atoms with E-state index in [1.54, 1.807) is 43.3 Å². The van der Waals surface area contributed by atoms with Crippen LogP contribution in [0.1, 0.15) is 30.1 Å². The number of nitrogens with zero attached hydrogens (tertiary/aromatic N) is 6. The molecule has 0 saturated heterocycles. The molecule has 146 valence electrons. The first-order valence-corrected chi connectivity index (χ1v) is 9.19. The minimum Gasteiger partial charge on any atom is -0.317 e. The first kappa shape index (κ1) is 18.0. The number of urea groups is 1. The lowest BCUT2D eigenvalue weighted by atomic mass is 10.2. The van der Waals surface area contributed by atoms with E-state index in [0.717, 1.165) is 37.5 Å². The Labute approximate surface area is 161 Å². The van der Waals surface area contributed by atoms with Gasteiger partial charge in [0.2, 0.25) is 0 Å². The van der Waals surface area contributed by atoms with Crippen LogP contribution in [0.5, 0.6) is 0 Å². The summed E-state index contributed by atoms with van der Waals surface area (Å²) in [5.74, 6) is 1.88. The SMILES string of the molecule is Cc1ccn(C)c(=O)c1NC(=O)Nc1cnn(Cc2nnc3n2CCCC3)c1. The Balaban J connectivity index is 1.42. The molecule has 3 aromatic rings. The Morgan fingerprint density at radius 2 is 2.11 bits per heavy atom. The summed E-state index contributed by atoms with van der Waals surface area (Å²) in [5, 5.41) is 18.1. The maximum Gasteiger partial charge on any atom is 0.323 e. The maximum atomic E-state index is 12.3. The van der Waals surface area contributed by atoms with Gasteiger partial charge in [-0.2, -0.15) is 5.10 Å². The number of aromatic nitrogens is 6. The molecule has 10 nitrogen and oxygen atoms in total. The fraction of sp³-hybridized carbons (Fsp3) is 0.389. The molecule has 2 N–H and O–H groups in total. The minimum absolute atomic E-state index is 0.255. The molecule has 4 heterocycles. The molecule has 0 atom stereocenters. The van der Waals surface area contributed by atoms with Crippen LogP contribution in [-0.2, 0) is 26.6 Å². The van der Waals surface area contributed by atoms with Crippen LogP contribution < -0.4 is 16.2 Å². The number of aryl methyl sites for hydroxylation is 3. The summed E-state index contributed by atoms with van der Waals surface area (Å²) in [6.07, 6.45) is 8.17. The molecule has 2 amide bonds. The second-order valence-electron chi connectivity index (χ2n) is 6.94. The molecule has 0 radical (unpaired) electrons. The third-order valence-electron chi connectivity index (χ3n) is 4.85. The van der Waals surface area contributed by atoms with Crippen molar-refractivity contribution in [3.05, 3.63) is 52.2 Å². The molecule has 0 saturated carbocycles. The van der Waals surface area contributed by atoms with E-state index in [1.807, 2.05) is 0 Å². The maximum absolute atomic E-state index is 12.3. The van der Waals surface area contributed by atoms with Crippen molar-refractivity contribution >= 4 is 17.4 Å². The molecule has 1 aliphatic heterocycles. The van der Waals surface area contributed by atoms with Gasteiger partial charge in [-0.15, -0.1) is 10.2 Å². The first-order chi connectivity index (χ1) is 13.5. The predicted molar refractivity (Wildman–Crippen MR) is 103 cm³/mol. The number of anilines is 2. The highest BCUT2D eigenvalue weighted by molar-refractivity contribution is 5.99. The normalized spacial score (nSPS) is 13.2. The van der Waals surface area contributed by atoms with Gasteiger partial charge in [0, 0.05) is 32.4 Å². The predicted octanol–water partition coefficient (Wildman–Crippen LogP) is 1.51. The lowest BCUT2D eigenvalue weighted by molar-refractivity contribution is 0.262. The van der Waals surface area contributed by atoms with Gasteiger partial charge in [-0.05, 0) is 31.4 Å². The van der Waals surface area contributed by atoms with Crippen molar-refractivity contribution in [2.45, 2.75) is 39.3 Å². The molecule has 3 aromatic heterocycles. The smallest absolute Gasteiger partial charge is 0.317 e. The number of rotatable bonds is 4. The lowest BCUT2D eigenvalue weighted by Crippen LogP contribution is -2.27. The molecule has 4 rings (SSSR count). The van der Waals surface area contributed by atoms with E-state index in [2.05, 4.69) is 30.5 Å². The van der Waals surface area contributed by atoms with Crippen LogP contribution in [0.15, 0.2) is 29.5 Å².